The van der Waals surface area contributed by atoms with Crippen LogP contribution in [0.4, 0.5) is 18.9 Å². The van der Waals surface area contributed by atoms with Crippen molar-refractivity contribution in [3.8, 4) is 5.75 Å². The van der Waals surface area contributed by atoms with E-state index in [1.165, 1.54) is 24.3 Å². The first kappa shape index (κ1) is 17.6. The molecule has 0 aliphatic carbocycles. The maximum atomic E-state index is 12.4. The van der Waals surface area contributed by atoms with E-state index in [9.17, 15) is 21.6 Å². The highest BCUT2D eigenvalue weighted by Gasteiger charge is 2.32. The maximum Gasteiger partial charge on any atom is 0.573 e. The van der Waals surface area contributed by atoms with Crippen LogP contribution in [0.25, 0.3) is 0 Å². The van der Waals surface area contributed by atoms with E-state index in [0.29, 0.717) is 4.47 Å². The molecule has 2 aromatic rings. The molecule has 2 aromatic carbocycles. The standard InChI is InChI=1S/C14H11BrF3NO3S/c1-9-2-5-11(6-3-9)23(20,21)19-12-7-4-10(15)8-13(12)22-14(16,17)18/h2-8,19H,1H3. The third kappa shape index (κ3) is 4.87. The molecule has 0 saturated heterocycles. The van der Waals surface area contributed by atoms with Gasteiger partial charge in [-0.2, -0.15) is 0 Å². The Morgan fingerprint density at radius 3 is 2.26 bits per heavy atom. The SMILES string of the molecule is Cc1ccc(S(=O)(=O)Nc2ccc(Br)cc2OC(F)(F)F)cc1. The number of sulfonamides is 1. The molecule has 0 spiro atoms. The lowest BCUT2D eigenvalue weighted by molar-refractivity contribution is -0.274. The summed E-state index contributed by atoms with van der Waals surface area (Å²) in [7, 11) is -4.03. The highest BCUT2D eigenvalue weighted by atomic mass is 79.9. The second kappa shape index (κ2) is 6.40. The van der Waals surface area contributed by atoms with Crippen LogP contribution in [0.3, 0.4) is 0 Å². The van der Waals surface area contributed by atoms with Gasteiger partial charge in [-0.1, -0.05) is 33.6 Å². The molecule has 0 unspecified atom stereocenters. The molecule has 0 fully saturated rings. The van der Waals surface area contributed by atoms with Gasteiger partial charge in [0.1, 0.15) is 0 Å². The Bertz CT molecular complexity index is 805. The van der Waals surface area contributed by atoms with Crippen LogP contribution in [0.15, 0.2) is 51.8 Å². The molecule has 4 nitrogen and oxygen atoms in total. The Hall–Kier alpha value is -1.74. The van der Waals surface area contributed by atoms with Crippen molar-refractivity contribution in [3.63, 3.8) is 0 Å². The number of hydrogen-bond acceptors (Lipinski definition) is 3. The Balaban J connectivity index is 2.37. The van der Waals surface area contributed by atoms with Gasteiger partial charge in [-0.15, -0.1) is 13.2 Å². The Kier molecular flexibility index (Phi) is 4.90. The van der Waals surface area contributed by atoms with Crippen molar-refractivity contribution in [1.29, 1.82) is 0 Å². The molecule has 0 radical (unpaired) electrons. The molecule has 0 aromatic heterocycles. The molecule has 0 atom stereocenters. The first-order valence-corrected chi connectivity index (χ1v) is 8.49. The second-order valence-electron chi connectivity index (χ2n) is 4.61. The third-order valence-electron chi connectivity index (χ3n) is 2.74. The number of anilines is 1. The quantitative estimate of drug-likeness (QED) is 0.810. The molecule has 0 saturated carbocycles. The maximum absolute atomic E-state index is 12.4. The Labute approximate surface area is 139 Å². The predicted octanol–water partition coefficient (Wildman–Crippen LogP) is 4.46. The monoisotopic (exact) mass is 409 g/mol. The van der Waals surface area contributed by atoms with Crippen LogP contribution < -0.4 is 9.46 Å². The highest BCUT2D eigenvalue weighted by molar-refractivity contribution is 9.10. The predicted molar refractivity (Wildman–Crippen MR) is 82.8 cm³/mol. The normalized spacial score (nSPS) is 12.0. The van der Waals surface area contributed by atoms with Crippen molar-refractivity contribution in [2.24, 2.45) is 0 Å². The summed E-state index contributed by atoms with van der Waals surface area (Å²) in [5.74, 6) is -0.650. The summed E-state index contributed by atoms with van der Waals surface area (Å²) in [5.41, 5.74) is 0.541. The lowest BCUT2D eigenvalue weighted by atomic mass is 10.2. The van der Waals surface area contributed by atoms with Gasteiger partial charge in [0.2, 0.25) is 0 Å². The minimum absolute atomic E-state index is 0.0658. The van der Waals surface area contributed by atoms with Gasteiger partial charge in [-0.3, -0.25) is 4.72 Å². The second-order valence-corrected chi connectivity index (χ2v) is 7.20. The fourth-order valence-corrected chi connectivity index (χ4v) is 3.12. The minimum atomic E-state index is -4.94. The zero-order chi connectivity index (χ0) is 17.3. The van der Waals surface area contributed by atoms with Gasteiger partial charge in [0, 0.05) is 4.47 Å². The van der Waals surface area contributed by atoms with Crippen LogP contribution in [0.2, 0.25) is 0 Å². The van der Waals surface area contributed by atoms with E-state index in [1.807, 2.05) is 0 Å². The first-order chi connectivity index (χ1) is 10.6. The molecule has 1 N–H and O–H groups in total. The number of alkyl halides is 3. The summed E-state index contributed by atoms with van der Waals surface area (Å²) in [6, 6.07) is 9.50. The van der Waals surface area contributed by atoms with Crippen LogP contribution in [0, 0.1) is 6.92 Å². The molecule has 124 valence electrons. The van der Waals surface area contributed by atoms with Gasteiger partial charge in [0.15, 0.2) is 5.75 Å². The van der Waals surface area contributed by atoms with Crippen LogP contribution in [0.5, 0.6) is 5.75 Å². The molecule has 0 heterocycles. The van der Waals surface area contributed by atoms with Gasteiger partial charge in [-0.25, -0.2) is 8.42 Å². The number of hydrogen-bond donors (Lipinski definition) is 1. The zero-order valence-electron chi connectivity index (χ0n) is 11.7. The van der Waals surface area contributed by atoms with Gasteiger partial charge < -0.3 is 4.74 Å². The van der Waals surface area contributed by atoms with Crippen molar-refractivity contribution < 1.29 is 26.3 Å². The number of aryl methyl sites for hydroxylation is 1. The molecule has 0 amide bonds. The van der Waals surface area contributed by atoms with Crippen molar-refractivity contribution in [3.05, 3.63) is 52.5 Å². The highest BCUT2D eigenvalue weighted by Crippen LogP contribution is 2.34. The smallest absolute Gasteiger partial charge is 0.403 e. The van der Waals surface area contributed by atoms with Crippen LogP contribution >= 0.6 is 15.9 Å². The molecule has 0 aliphatic rings. The van der Waals surface area contributed by atoms with Crippen LogP contribution in [-0.2, 0) is 10.0 Å². The summed E-state index contributed by atoms with van der Waals surface area (Å²) in [6.07, 6.45) is -4.94. The number of nitrogens with one attached hydrogen (secondary N) is 1. The van der Waals surface area contributed by atoms with Crippen LogP contribution in [0.1, 0.15) is 5.56 Å². The first-order valence-electron chi connectivity index (χ1n) is 6.22. The average Bonchev–Trinajstić information content (AvgIpc) is 2.40. The number of halogens is 4. The van der Waals surface area contributed by atoms with E-state index < -0.39 is 22.1 Å². The van der Waals surface area contributed by atoms with Crippen molar-refractivity contribution >= 4 is 31.6 Å². The van der Waals surface area contributed by atoms with Gasteiger partial charge in [0.05, 0.1) is 10.6 Å². The average molecular weight is 410 g/mol. The van der Waals surface area contributed by atoms with Gasteiger partial charge >= 0.3 is 6.36 Å². The van der Waals surface area contributed by atoms with E-state index >= 15 is 0 Å². The number of benzene rings is 2. The van der Waals surface area contributed by atoms with Crippen molar-refractivity contribution in [2.75, 3.05) is 4.72 Å². The van der Waals surface area contributed by atoms with Crippen molar-refractivity contribution in [2.45, 2.75) is 18.2 Å². The summed E-state index contributed by atoms with van der Waals surface area (Å²) in [4.78, 5) is -0.0658. The minimum Gasteiger partial charge on any atom is -0.403 e. The fraction of sp³-hybridized carbons (Fsp3) is 0.143. The summed E-state index contributed by atoms with van der Waals surface area (Å²) < 4.78 is 68.1. The Morgan fingerprint density at radius 2 is 1.70 bits per heavy atom. The topological polar surface area (TPSA) is 55.4 Å². The summed E-state index contributed by atoms with van der Waals surface area (Å²) >= 11 is 3.01. The third-order valence-corrected chi connectivity index (χ3v) is 4.62. The molecular weight excluding hydrogens is 399 g/mol. The lowest BCUT2D eigenvalue weighted by Gasteiger charge is -2.15. The van der Waals surface area contributed by atoms with E-state index in [1.54, 1.807) is 19.1 Å². The lowest BCUT2D eigenvalue weighted by Crippen LogP contribution is -2.20. The molecule has 2 rings (SSSR count). The summed E-state index contributed by atoms with van der Waals surface area (Å²) in [6.45, 7) is 1.79. The molecule has 23 heavy (non-hydrogen) atoms. The van der Waals surface area contributed by atoms with E-state index in [-0.39, 0.29) is 10.6 Å². The number of rotatable bonds is 4. The molecular formula is C14H11BrF3NO3S. The van der Waals surface area contributed by atoms with Gasteiger partial charge in [-0.05, 0) is 37.3 Å². The summed E-state index contributed by atoms with van der Waals surface area (Å²) in [5, 5.41) is 0. The largest absolute Gasteiger partial charge is 0.573 e. The van der Waals surface area contributed by atoms with Gasteiger partial charge in [0.25, 0.3) is 10.0 Å². The zero-order valence-corrected chi connectivity index (χ0v) is 14.1. The van der Waals surface area contributed by atoms with E-state index in [0.717, 1.165) is 11.6 Å². The van der Waals surface area contributed by atoms with E-state index in [4.69, 9.17) is 0 Å². The van der Waals surface area contributed by atoms with Crippen LogP contribution in [-0.4, -0.2) is 14.8 Å². The fourth-order valence-electron chi connectivity index (χ4n) is 1.71. The molecule has 9 heteroatoms. The molecule has 0 bridgehead atoms. The van der Waals surface area contributed by atoms with Crippen molar-refractivity contribution in [1.82, 2.24) is 0 Å². The Morgan fingerprint density at radius 1 is 1.09 bits per heavy atom. The molecule has 0 aliphatic heterocycles. The van der Waals surface area contributed by atoms with E-state index in [2.05, 4.69) is 25.4 Å². The number of ether oxygens (including phenoxy) is 1.